The number of hydrogen-bond donors (Lipinski definition) is 4. The van der Waals surface area contributed by atoms with Gasteiger partial charge >= 0.3 is 0 Å². The van der Waals surface area contributed by atoms with E-state index in [1.54, 1.807) is 0 Å². The van der Waals surface area contributed by atoms with Gasteiger partial charge in [-0.05, 0) is 12.0 Å². The van der Waals surface area contributed by atoms with Gasteiger partial charge in [0.1, 0.15) is 12.2 Å². The van der Waals surface area contributed by atoms with Crippen LogP contribution in [0.4, 0.5) is 0 Å². The van der Waals surface area contributed by atoms with Gasteiger partial charge in [-0.3, -0.25) is 19.5 Å². The summed E-state index contributed by atoms with van der Waals surface area (Å²) in [5, 5.41) is 6.27. The molecule has 2 aromatic rings. The summed E-state index contributed by atoms with van der Waals surface area (Å²) in [5.74, 6) is -0.303. The average Bonchev–Trinajstić information content (AvgIpc) is 3.54. The average molecular weight is 455 g/mol. The van der Waals surface area contributed by atoms with E-state index in [9.17, 15) is 9.59 Å². The second-order valence-corrected chi connectivity index (χ2v) is 8.79. The predicted molar refractivity (Wildman–Crippen MR) is 125 cm³/mol. The number of carbonyl (C=O) groups excluding carboxylic acids is 1. The smallest absolute Gasteiger partial charge is 0.274 e. The molecule has 2 aliphatic rings. The van der Waals surface area contributed by atoms with Crippen molar-refractivity contribution in [3.63, 3.8) is 0 Å². The van der Waals surface area contributed by atoms with E-state index in [1.165, 1.54) is 4.57 Å². The summed E-state index contributed by atoms with van der Waals surface area (Å²) in [6.45, 7) is 2.28. The molecule has 1 amide bonds. The summed E-state index contributed by atoms with van der Waals surface area (Å²) in [4.78, 5) is 29.8. The van der Waals surface area contributed by atoms with E-state index >= 15 is 0 Å². The normalized spacial score (nSPS) is 24.2. The Hall–Kier alpha value is -2.78. The molecule has 8 nitrogen and oxygen atoms in total. The van der Waals surface area contributed by atoms with Crippen molar-refractivity contribution in [2.45, 2.75) is 38.6 Å². The molecule has 168 valence electrons. The van der Waals surface area contributed by atoms with Crippen LogP contribution in [0.15, 0.2) is 58.9 Å². The van der Waals surface area contributed by atoms with Crippen LogP contribution in [-0.2, 0) is 17.9 Å². The maximum atomic E-state index is 12.9. The Kier molecular flexibility index (Phi) is 6.30. The first-order chi connectivity index (χ1) is 15.3. The highest BCUT2D eigenvalue weighted by Gasteiger charge is 2.46. The molecule has 2 heterocycles. The van der Waals surface area contributed by atoms with Crippen molar-refractivity contribution in [3.05, 3.63) is 75.3 Å². The van der Waals surface area contributed by atoms with E-state index in [4.69, 9.17) is 23.1 Å². The van der Waals surface area contributed by atoms with E-state index in [2.05, 4.69) is 34.7 Å². The lowest BCUT2D eigenvalue weighted by Crippen LogP contribution is -2.36. The summed E-state index contributed by atoms with van der Waals surface area (Å²) in [6, 6.07) is 9.43. The summed E-state index contributed by atoms with van der Waals surface area (Å²) in [7, 11) is 0. The summed E-state index contributed by atoms with van der Waals surface area (Å²) < 4.78 is 1.34. The van der Waals surface area contributed by atoms with Crippen LogP contribution in [0.5, 0.6) is 0 Å². The molecule has 1 aromatic carbocycles. The van der Waals surface area contributed by atoms with E-state index in [0.717, 1.165) is 12.0 Å². The monoisotopic (exact) mass is 454 g/mol. The minimum atomic E-state index is -0.424. The highest BCUT2D eigenvalue weighted by molar-refractivity contribution is 6.31. The van der Waals surface area contributed by atoms with Crippen molar-refractivity contribution in [2.75, 3.05) is 6.54 Å². The van der Waals surface area contributed by atoms with E-state index in [-0.39, 0.29) is 47.5 Å². The van der Waals surface area contributed by atoms with E-state index < -0.39 is 5.56 Å². The number of nitrogens with two attached hydrogens (primary N) is 2. The zero-order chi connectivity index (χ0) is 22.9. The number of nitrogens with one attached hydrogen (secondary N) is 2. The minimum absolute atomic E-state index is 0.0166. The van der Waals surface area contributed by atoms with Crippen molar-refractivity contribution < 1.29 is 4.79 Å². The molecule has 9 heteroatoms. The zero-order valence-electron chi connectivity index (χ0n) is 17.8. The first kappa shape index (κ1) is 22.4. The fourth-order valence-corrected chi connectivity index (χ4v) is 4.35. The molecule has 1 fully saturated rings. The lowest BCUT2D eigenvalue weighted by molar-refractivity contribution is -0.121. The molecule has 1 aliphatic heterocycles. The maximum Gasteiger partial charge on any atom is 0.274 e. The van der Waals surface area contributed by atoms with Gasteiger partial charge in [0.15, 0.2) is 5.15 Å². The van der Waals surface area contributed by atoms with Gasteiger partial charge in [-0.25, -0.2) is 4.98 Å². The van der Waals surface area contributed by atoms with Gasteiger partial charge in [0.25, 0.3) is 5.56 Å². The Balaban J connectivity index is 1.48. The maximum absolute atomic E-state index is 12.9. The fourth-order valence-electron chi connectivity index (χ4n) is 4.04. The number of benzene rings is 1. The van der Waals surface area contributed by atoms with Gasteiger partial charge in [-0.1, -0.05) is 67.1 Å². The van der Waals surface area contributed by atoms with Crippen LogP contribution in [0, 0.1) is 5.41 Å². The van der Waals surface area contributed by atoms with E-state index in [0.29, 0.717) is 17.8 Å². The van der Waals surface area contributed by atoms with Crippen molar-refractivity contribution in [1.82, 2.24) is 20.2 Å². The summed E-state index contributed by atoms with van der Waals surface area (Å²) >= 11 is 6.38. The fraction of sp³-hybridized carbons (Fsp3) is 0.348. The largest absolute Gasteiger partial charge is 0.350 e. The van der Waals surface area contributed by atoms with Crippen LogP contribution in [0.25, 0.3) is 11.3 Å². The first-order valence-corrected chi connectivity index (χ1v) is 10.9. The Bertz CT molecular complexity index is 1140. The highest BCUT2D eigenvalue weighted by Crippen LogP contribution is 2.38. The second-order valence-electron chi connectivity index (χ2n) is 8.43. The molecule has 0 bridgehead atoms. The van der Waals surface area contributed by atoms with E-state index in [1.807, 2.05) is 36.4 Å². The quantitative estimate of drug-likeness (QED) is 0.465. The van der Waals surface area contributed by atoms with Gasteiger partial charge < -0.3 is 16.8 Å². The SMILES string of the molecule is CC1(C2NC2N)C=CC(CNC(=O)Cn2c(-c3ccccc3)c(Cl)nc(CN)c2=O)=CC1. The number of aromatic nitrogens is 2. The zero-order valence-corrected chi connectivity index (χ0v) is 18.6. The summed E-state index contributed by atoms with van der Waals surface area (Å²) in [5.41, 5.74) is 13.3. The topological polar surface area (TPSA) is 138 Å². The third-order valence-corrected chi connectivity index (χ3v) is 6.30. The van der Waals surface area contributed by atoms with Gasteiger partial charge in [0.05, 0.1) is 11.9 Å². The first-order valence-electron chi connectivity index (χ1n) is 10.5. The van der Waals surface area contributed by atoms with Gasteiger partial charge in [0.2, 0.25) is 5.91 Å². The van der Waals surface area contributed by atoms with Gasteiger partial charge in [0, 0.05) is 30.1 Å². The second kappa shape index (κ2) is 8.99. The number of allylic oxidation sites excluding steroid dienone is 1. The number of halogens is 1. The number of hydrogen-bond acceptors (Lipinski definition) is 6. The van der Waals surface area contributed by atoms with Gasteiger partial charge in [-0.2, -0.15) is 0 Å². The molecule has 6 N–H and O–H groups in total. The number of nitrogens with zero attached hydrogens (tertiary/aromatic N) is 2. The molecular formula is C23H27ClN6O2. The van der Waals surface area contributed by atoms with Crippen LogP contribution in [0.3, 0.4) is 0 Å². The molecule has 32 heavy (non-hydrogen) atoms. The highest BCUT2D eigenvalue weighted by atomic mass is 35.5. The Morgan fingerprint density at radius 3 is 2.69 bits per heavy atom. The minimum Gasteiger partial charge on any atom is -0.350 e. The molecule has 1 aromatic heterocycles. The molecule has 1 aliphatic carbocycles. The lowest BCUT2D eigenvalue weighted by Gasteiger charge is -2.27. The summed E-state index contributed by atoms with van der Waals surface area (Å²) in [6.07, 6.45) is 7.17. The van der Waals surface area contributed by atoms with Crippen molar-refractivity contribution in [2.24, 2.45) is 16.9 Å². The molecule has 0 saturated carbocycles. The third-order valence-electron chi connectivity index (χ3n) is 6.04. The molecule has 4 rings (SSSR count). The van der Waals surface area contributed by atoms with Crippen molar-refractivity contribution in [3.8, 4) is 11.3 Å². The van der Waals surface area contributed by atoms with Gasteiger partial charge in [-0.15, -0.1) is 0 Å². The molecule has 3 unspecified atom stereocenters. The number of carbonyl (C=O) groups is 1. The van der Waals surface area contributed by atoms with Crippen molar-refractivity contribution >= 4 is 17.5 Å². The molecular weight excluding hydrogens is 428 g/mol. The number of rotatable bonds is 7. The third kappa shape index (κ3) is 4.54. The standard InChI is InChI=1S/C23H27ClN6O2/c1-23(19-21(26)29-19)9-7-14(8-10-23)12-27-17(31)13-30-18(15-5-3-2-4-6-15)20(24)28-16(11-25)22(30)32/h2-9,19,21,29H,10-13,25-26H2,1H3,(H,27,31). The van der Waals surface area contributed by atoms with Crippen LogP contribution < -0.4 is 27.7 Å². The molecule has 1 saturated heterocycles. The lowest BCUT2D eigenvalue weighted by atomic mass is 9.78. The molecule has 3 atom stereocenters. The Labute approximate surface area is 191 Å². The van der Waals surface area contributed by atoms with Crippen LogP contribution in [0.1, 0.15) is 19.0 Å². The molecule has 0 spiro atoms. The van der Waals surface area contributed by atoms with Crippen molar-refractivity contribution in [1.29, 1.82) is 0 Å². The van der Waals surface area contributed by atoms with Crippen LogP contribution in [0.2, 0.25) is 5.15 Å². The van der Waals surface area contributed by atoms with Crippen LogP contribution >= 0.6 is 11.6 Å². The predicted octanol–water partition coefficient (Wildman–Crippen LogP) is 1.29. The van der Waals surface area contributed by atoms with Crippen LogP contribution in [-0.4, -0.2) is 34.2 Å². The molecule has 0 radical (unpaired) electrons. The Morgan fingerprint density at radius 2 is 2.09 bits per heavy atom. The number of amides is 1. The Morgan fingerprint density at radius 1 is 1.38 bits per heavy atom.